The van der Waals surface area contributed by atoms with Crippen molar-refractivity contribution in [3.05, 3.63) is 59.1 Å². The molecular weight excluding hydrogens is 284 g/mol. The van der Waals surface area contributed by atoms with Crippen molar-refractivity contribution in [2.24, 2.45) is 0 Å². The van der Waals surface area contributed by atoms with Gasteiger partial charge in [-0.25, -0.2) is 0 Å². The van der Waals surface area contributed by atoms with Crippen molar-refractivity contribution in [1.82, 2.24) is 0 Å². The Labute approximate surface area is 129 Å². The topological polar surface area (TPSA) is 32.3 Å². The van der Waals surface area contributed by atoms with Gasteiger partial charge >= 0.3 is 0 Å². The summed E-state index contributed by atoms with van der Waals surface area (Å²) < 4.78 is 0. The van der Waals surface area contributed by atoms with Crippen molar-refractivity contribution in [3.8, 4) is 0 Å². The number of amides is 1. The smallest absolute Gasteiger partial charge is 0.255 e. The predicted molar refractivity (Wildman–Crippen MR) is 87.3 cm³/mol. The number of carbonyl (C=O) groups excluding carboxylic acids is 1. The highest BCUT2D eigenvalue weighted by molar-refractivity contribution is 6.31. The van der Waals surface area contributed by atoms with Gasteiger partial charge in [0.15, 0.2) is 0 Å². The first kappa shape index (κ1) is 14.0. The van der Waals surface area contributed by atoms with Crippen LogP contribution in [0.25, 0.3) is 0 Å². The molecular formula is C17H17ClN2O. The highest BCUT2D eigenvalue weighted by Crippen LogP contribution is 2.23. The van der Waals surface area contributed by atoms with Crippen LogP contribution in [0.5, 0.6) is 0 Å². The van der Waals surface area contributed by atoms with Gasteiger partial charge in [0.05, 0.1) is 0 Å². The zero-order valence-corrected chi connectivity index (χ0v) is 12.4. The largest absolute Gasteiger partial charge is 0.371 e. The third-order valence-corrected chi connectivity index (χ3v) is 3.90. The molecule has 0 saturated carbocycles. The number of benzene rings is 2. The van der Waals surface area contributed by atoms with Crippen LogP contribution in [-0.2, 0) is 0 Å². The minimum atomic E-state index is -0.143. The average molecular weight is 301 g/mol. The predicted octanol–water partition coefficient (Wildman–Crippen LogP) is 4.19. The molecule has 0 spiro atoms. The molecule has 0 aliphatic carbocycles. The molecule has 1 aliphatic rings. The van der Waals surface area contributed by atoms with Crippen LogP contribution >= 0.6 is 11.6 Å². The van der Waals surface area contributed by atoms with Crippen molar-refractivity contribution in [2.45, 2.75) is 12.8 Å². The lowest BCUT2D eigenvalue weighted by Gasteiger charge is -2.18. The molecule has 0 atom stereocenters. The standard InChI is InChI=1S/C17H17ClN2O/c18-14-6-3-5-13(11-14)17(21)19-15-7-4-8-16(12-15)20-9-1-2-10-20/h3-8,11-12H,1-2,9-10H2,(H,19,21). The lowest BCUT2D eigenvalue weighted by Crippen LogP contribution is -2.18. The monoisotopic (exact) mass is 300 g/mol. The summed E-state index contributed by atoms with van der Waals surface area (Å²) in [5.74, 6) is -0.143. The van der Waals surface area contributed by atoms with E-state index in [1.165, 1.54) is 12.8 Å². The van der Waals surface area contributed by atoms with Crippen molar-refractivity contribution < 1.29 is 4.79 Å². The van der Waals surface area contributed by atoms with Gasteiger partial charge in [-0.15, -0.1) is 0 Å². The van der Waals surface area contributed by atoms with Crippen LogP contribution in [0.3, 0.4) is 0 Å². The molecule has 1 heterocycles. The first-order valence-electron chi connectivity index (χ1n) is 7.14. The Morgan fingerprint density at radius 1 is 1.05 bits per heavy atom. The lowest BCUT2D eigenvalue weighted by atomic mass is 10.2. The van der Waals surface area contributed by atoms with Crippen molar-refractivity contribution in [1.29, 1.82) is 0 Å². The minimum absolute atomic E-state index is 0.143. The molecule has 0 radical (unpaired) electrons. The highest BCUT2D eigenvalue weighted by Gasteiger charge is 2.13. The molecule has 2 aromatic rings. The summed E-state index contributed by atoms with van der Waals surface area (Å²) in [7, 11) is 0. The zero-order valence-electron chi connectivity index (χ0n) is 11.7. The molecule has 108 valence electrons. The molecule has 1 fully saturated rings. The Hall–Kier alpha value is -2.00. The summed E-state index contributed by atoms with van der Waals surface area (Å²) in [5, 5.41) is 3.49. The third kappa shape index (κ3) is 3.37. The molecule has 1 amide bonds. The number of hydrogen-bond acceptors (Lipinski definition) is 2. The summed E-state index contributed by atoms with van der Waals surface area (Å²) in [4.78, 5) is 14.6. The maximum Gasteiger partial charge on any atom is 0.255 e. The Bertz CT molecular complexity index is 651. The van der Waals surface area contributed by atoms with E-state index >= 15 is 0 Å². The van der Waals surface area contributed by atoms with Crippen molar-refractivity contribution >= 4 is 28.9 Å². The quantitative estimate of drug-likeness (QED) is 0.921. The fourth-order valence-corrected chi connectivity index (χ4v) is 2.78. The SMILES string of the molecule is O=C(Nc1cccc(N2CCCC2)c1)c1cccc(Cl)c1. The Morgan fingerprint density at radius 2 is 1.81 bits per heavy atom. The first-order valence-corrected chi connectivity index (χ1v) is 7.52. The first-order chi connectivity index (χ1) is 10.2. The van der Waals surface area contributed by atoms with E-state index in [2.05, 4.69) is 16.3 Å². The maximum absolute atomic E-state index is 12.2. The van der Waals surface area contributed by atoms with Gasteiger partial charge in [-0.3, -0.25) is 4.79 Å². The van der Waals surface area contributed by atoms with Crippen molar-refractivity contribution in [2.75, 3.05) is 23.3 Å². The van der Waals surface area contributed by atoms with Gasteiger partial charge in [0.1, 0.15) is 0 Å². The van der Waals surface area contributed by atoms with E-state index in [4.69, 9.17) is 11.6 Å². The molecule has 4 heteroatoms. The molecule has 3 rings (SSSR count). The summed E-state index contributed by atoms with van der Waals surface area (Å²) in [5.41, 5.74) is 2.54. The number of carbonyl (C=O) groups is 1. The van der Waals surface area contributed by atoms with E-state index in [0.29, 0.717) is 10.6 Å². The molecule has 2 aromatic carbocycles. The Kier molecular flexibility index (Phi) is 4.11. The van der Waals surface area contributed by atoms with Gasteiger partial charge < -0.3 is 10.2 Å². The second kappa shape index (κ2) is 6.19. The number of nitrogens with one attached hydrogen (secondary N) is 1. The second-order valence-electron chi connectivity index (χ2n) is 5.21. The molecule has 1 aliphatic heterocycles. The van der Waals surface area contributed by atoms with Crippen LogP contribution in [0.2, 0.25) is 5.02 Å². The second-order valence-corrected chi connectivity index (χ2v) is 5.65. The van der Waals surface area contributed by atoms with Gasteiger partial charge in [0, 0.05) is 35.1 Å². The number of rotatable bonds is 3. The van der Waals surface area contributed by atoms with Crippen LogP contribution < -0.4 is 10.2 Å². The summed E-state index contributed by atoms with van der Waals surface area (Å²) >= 11 is 5.92. The van der Waals surface area contributed by atoms with Gasteiger partial charge in [0.2, 0.25) is 0 Å². The minimum Gasteiger partial charge on any atom is -0.371 e. The molecule has 21 heavy (non-hydrogen) atoms. The van der Waals surface area contributed by atoms with Crippen LogP contribution in [0.15, 0.2) is 48.5 Å². The van der Waals surface area contributed by atoms with Gasteiger partial charge in [0.25, 0.3) is 5.91 Å². The normalized spacial score (nSPS) is 14.2. The number of anilines is 2. The highest BCUT2D eigenvalue weighted by atomic mass is 35.5. The van der Waals surface area contributed by atoms with Crippen LogP contribution in [0, 0.1) is 0 Å². The molecule has 0 unspecified atom stereocenters. The molecule has 1 N–H and O–H groups in total. The van der Waals surface area contributed by atoms with Gasteiger partial charge in [-0.05, 0) is 49.2 Å². The molecule has 0 bridgehead atoms. The fraction of sp³-hybridized carbons (Fsp3) is 0.235. The van der Waals surface area contributed by atoms with E-state index < -0.39 is 0 Å². The fourth-order valence-electron chi connectivity index (χ4n) is 2.59. The third-order valence-electron chi connectivity index (χ3n) is 3.66. The number of nitrogens with zero attached hydrogens (tertiary/aromatic N) is 1. The Balaban J connectivity index is 1.75. The number of hydrogen-bond donors (Lipinski definition) is 1. The van der Waals surface area contributed by atoms with Gasteiger partial charge in [-0.2, -0.15) is 0 Å². The average Bonchev–Trinajstić information content (AvgIpc) is 3.02. The summed E-state index contributed by atoms with van der Waals surface area (Å²) in [6.07, 6.45) is 2.47. The van der Waals surface area contributed by atoms with E-state index in [1.807, 2.05) is 18.2 Å². The van der Waals surface area contributed by atoms with Gasteiger partial charge in [-0.1, -0.05) is 23.7 Å². The van der Waals surface area contributed by atoms with E-state index in [0.717, 1.165) is 24.5 Å². The number of halogens is 1. The van der Waals surface area contributed by atoms with E-state index in [9.17, 15) is 4.79 Å². The summed E-state index contributed by atoms with van der Waals surface area (Å²) in [6.45, 7) is 2.18. The van der Waals surface area contributed by atoms with Crippen LogP contribution in [-0.4, -0.2) is 19.0 Å². The van der Waals surface area contributed by atoms with E-state index in [1.54, 1.807) is 24.3 Å². The molecule has 0 aromatic heterocycles. The molecule has 1 saturated heterocycles. The summed E-state index contributed by atoms with van der Waals surface area (Å²) in [6, 6.07) is 14.9. The van der Waals surface area contributed by atoms with Crippen molar-refractivity contribution in [3.63, 3.8) is 0 Å². The zero-order chi connectivity index (χ0) is 14.7. The van der Waals surface area contributed by atoms with Crippen LogP contribution in [0.4, 0.5) is 11.4 Å². The Morgan fingerprint density at radius 3 is 2.57 bits per heavy atom. The maximum atomic E-state index is 12.2. The molecule has 3 nitrogen and oxygen atoms in total. The van der Waals surface area contributed by atoms with E-state index in [-0.39, 0.29) is 5.91 Å². The van der Waals surface area contributed by atoms with Crippen LogP contribution in [0.1, 0.15) is 23.2 Å². The lowest BCUT2D eigenvalue weighted by molar-refractivity contribution is 0.102.